The number of aryl methyl sites for hydroxylation is 2. The molecule has 0 aliphatic heterocycles. The van der Waals surface area contributed by atoms with Gasteiger partial charge in [-0.25, -0.2) is 9.78 Å². The van der Waals surface area contributed by atoms with Gasteiger partial charge in [0, 0.05) is 5.69 Å². The molecule has 21 heavy (non-hydrogen) atoms. The number of pyridine rings is 1. The van der Waals surface area contributed by atoms with Crippen molar-refractivity contribution in [2.45, 2.75) is 52.0 Å². The topological polar surface area (TPSA) is 86.0 Å². The lowest BCUT2D eigenvalue weighted by Crippen LogP contribution is -2.49. The van der Waals surface area contributed by atoms with Crippen molar-refractivity contribution >= 4 is 11.8 Å². The van der Waals surface area contributed by atoms with Crippen LogP contribution in [-0.2, 0) is 4.79 Å². The van der Waals surface area contributed by atoms with Gasteiger partial charge in [0.2, 0.25) is 0 Å². The lowest BCUT2D eigenvalue weighted by atomic mass is 9.77. The van der Waals surface area contributed by atoms with Crippen LogP contribution in [0.15, 0.2) is 6.07 Å². The van der Waals surface area contributed by atoms with Crippen molar-refractivity contribution in [3.05, 3.63) is 22.9 Å². The molecular formula is C16H21N3O2. The van der Waals surface area contributed by atoms with Gasteiger partial charge < -0.3 is 10.4 Å². The maximum Gasteiger partial charge on any atom is 0.329 e. The highest BCUT2D eigenvalue weighted by Gasteiger charge is 2.42. The molecule has 0 atom stereocenters. The van der Waals surface area contributed by atoms with Crippen molar-refractivity contribution in [3.63, 3.8) is 0 Å². The minimum Gasteiger partial charge on any atom is -0.480 e. The Morgan fingerprint density at radius 2 is 2.10 bits per heavy atom. The normalized spacial score (nSPS) is 25.1. The minimum absolute atomic E-state index is 0.395. The summed E-state index contributed by atoms with van der Waals surface area (Å²) in [7, 11) is 0. The zero-order valence-electron chi connectivity index (χ0n) is 12.7. The van der Waals surface area contributed by atoms with Crippen LogP contribution in [0.4, 0.5) is 5.82 Å². The van der Waals surface area contributed by atoms with Gasteiger partial charge in [0.25, 0.3) is 0 Å². The summed E-state index contributed by atoms with van der Waals surface area (Å²) in [5.74, 6) is 0.0770. The Balaban J connectivity index is 2.39. The van der Waals surface area contributed by atoms with Crippen LogP contribution >= 0.6 is 0 Å². The maximum absolute atomic E-state index is 11.8. The number of nitrogens with one attached hydrogen (secondary N) is 1. The van der Waals surface area contributed by atoms with Gasteiger partial charge in [0.05, 0.1) is 5.56 Å². The van der Waals surface area contributed by atoms with Gasteiger partial charge in [-0.1, -0.05) is 6.92 Å². The number of anilines is 1. The van der Waals surface area contributed by atoms with Crippen LogP contribution in [0.2, 0.25) is 0 Å². The van der Waals surface area contributed by atoms with Crippen molar-refractivity contribution < 1.29 is 9.90 Å². The molecule has 1 aromatic rings. The van der Waals surface area contributed by atoms with E-state index in [-0.39, 0.29) is 0 Å². The van der Waals surface area contributed by atoms with Crippen LogP contribution in [0.5, 0.6) is 0 Å². The standard InChI is InChI=1S/C16H21N3O2/c1-10-4-6-16(7-5-10,15(20)21)19-14-13(9-17)11(2)8-12(3)18-14/h8,10H,4-7H2,1-3H3,(H,18,19)(H,20,21). The Morgan fingerprint density at radius 1 is 1.48 bits per heavy atom. The van der Waals surface area contributed by atoms with Gasteiger partial charge in [-0.05, 0) is 57.1 Å². The van der Waals surface area contributed by atoms with Gasteiger partial charge in [0.15, 0.2) is 0 Å². The molecule has 1 fully saturated rings. The van der Waals surface area contributed by atoms with E-state index < -0.39 is 11.5 Å². The van der Waals surface area contributed by atoms with E-state index in [1.54, 1.807) is 0 Å². The number of nitriles is 1. The average molecular weight is 287 g/mol. The van der Waals surface area contributed by atoms with Gasteiger partial charge in [0.1, 0.15) is 17.4 Å². The zero-order chi connectivity index (χ0) is 15.6. The molecule has 0 unspecified atom stereocenters. The quantitative estimate of drug-likeness (QED) is 0.892. The molecule has 1 aliphatic rings. The number of hydrogen-bond acceptors (Lipinski definition) is 4. The zero-order valence-corrected chi connectivity index (χ0v) is 12.7. The first-order valence-electron chi connectivity index (χ1n) is 7.28. The van der Waals surface area contributed by atoms with E-state index in [9.17, 15) is 15.2 Å². The predicted octanol–water partition coefficient (Wildman–Crippen LogP) is 3.02. The van der Waals surface area contributed by atoms with Crippen molar-refractivity contribution in [1.82, 2.24) is 4.98 Å². The van der Waals surface area contributed by atoms with E-state index in [0.29, 0.717) is 30.1 Å². The fraction of sp³-hybridized carbons (Fsp3) is 0.562. The third-order valence-electron chi connectivity index (χ3n) is 4.35. The number of carbonyl (C=O) groups is 1. The van der Waals surface area contributed by atoms with Gasteiger partial charge in [-0.3, -0.25) is 0 Å². The second-order valence-electron chi connectivity index (χ2n) is 6.11. The fourth-order valence-electron chi connectivity index (χ4n) is 2.94. The Bertz CT molecular complexity index is 596. The number of aliphatic carboxylic acids is 1. The van der Waals surface area contributed by atoms with Crippen LogP contribution in [-0.4, -0.2) is 21.6 Å². The number of hydrogen-bond donors (Lipinski definition) is 2. The number of carboxylic acid groups (broad SMARTS) is 1. The summed E-state index contributed by atoms with van der Waals surface area (Å²) in [6.45, 7) is 5.83. The van der Waals surface area contributed by atoms with Crippen LogP contribution in [0.3, 0.4) is 0 Å². The summed E-state index contributed by atoms with van der Waals surface area (Å²) >= 11 is 0. The lowest BCUT2D eigenvalue weighted by Gasteiger charge is -2.37. The first-order valence-corrected chi connectivity index (χ1v) is 7.28. The Labute approximate surface area is 125 Å². The fourth-order valence-corrected chi connectivity index (χ4v) is 2.94. The molecular weight excluding hydrogens is 266 g/mol. The first-order chi connectivity index (χ1) is 9.88. The third-order valence-corrected chi connectivity index (χ3v) is 4.35. The van der Waals surface area contributed by atoms with Crippen LogP contribution in [0.25, 0.3) is 0 Å². The molecule has 0 radical (unpaired) electrons. The maximum atomic E-state index is 11.8. The highest BCUT2D eigenvalue weighted by Crippen LogP contribution is 2.35. The van der Waals surface area contributed by atoms with Crippen molar-refractivity contribution in [3.8, 4) is 6.07 Å². The molecule has 2 rings (SSSR count). The van der Waals surface area contributed by atoms with Crippen molar-refractivity contribution in [2.24, 2.45) is 5.92 Å². The molecule has 1 heterocycles. The highest BCUT2D eigenvalue weighted by molar-refractivity contribution is 5.83. The number of rotatable bonds is 3. The van der Waals surface area contributed by atoms with E-state index >= 15 is 0 Å². The summed E-state index contributed by atoms with van der Waals surface area (Å²) in [4.78, 5) is 16.1. The van der Waals surface area contributed by atoms with Crippen molar-refractivity contribution in [2.75, 3.05) is 5.32 Å². The van der Waals surface area contributed by atoms with Crippen LogP contribution in [0.1, 0.15) is 49.4 Å². The van der Waals surface area contributed by atoms with E-state index in [4.69, 9.17) is 0 Å². The second-order valence-corrected chi connectivity index (χ2v) is 6.11. The minimum atomic E-state index is -1.01. The summed E-state index contributed by atoms with van der Waals surface area (Å²) in [6.07, 6.45) is 2.85. The third kappa shape index (κ3) is 2.99. The lowest BCUT2D eigenvalue weighted by molar-refractivity contribution is -0.143. The molecule has 0 spiro atoms. The Kier molecular flexibility index (Phi) is 4.17. The molecule has 112 valence electrons. The van der Waals surface area contributed by atoms with Crippen molar-refractivity contribution in [1.29, 1.82) is 5.26 Å². The van der Waals surface area contributed by atoms with Gasteiger partial charge >= 0.3 is 5.97 Å². The first kappa shape index (κ1) is 15.3. The van der Waals surface area contributed by atoms with E-state index in [0.717, 1.165) is 24.1 Å². The molecule has 0 saturated heterocycles. The Morgan fingerprint density at radius 3 is 2.62 bits per heavy atom. The predicted molar refractivity (Wildman–Crippen MR) is 80.0 cm³/mol. The number of nitrogens with zero attached hydrogens (tertiary/aromatic N) is 2. The van der Waals surface area contributed by atoms with E-state index in [1.807, 2.05) is 19.9 Å². The molecule has 0 aromatic carbocycles. The highest BCUT2D eigenvalue weighted by atomic mass is 16.4. The summed E-state index contributed by atoms with van der Waals surface area (Å²) in [5.41, 5.74) is 1.02. The molecule has 0 amide bonds. The van der Waals surface area contributed by atoms with Crippen LogP contribution < -0.4 is 5.32 Å². The summed E-state index contributed by atoms with van der Waals surface area (Å²) in [5, 5.41) is 22.1. The van der Waals surface area contributed by atoms with Gasteiger partial charge in [-0.15, -0.1) is 0 Å². The number of aromatic nitrogens is 1. The molecule has 5 heteroatoms. The summed E-state index contributed by atoms with van der Waals surface area (Å²) < 4.78 is 0. The largest absolute Gasteiger partial charge is 0.480 e. The SMILES string of the molecule is Cc1cc(C)c(C#N)c(NC2(C(=O)O)CCC(C)CC2)n1. The van der Waals surface area contributed by atoms with Crippen LogP contribution in [0, 0.1) is 31.1 Å². The van der Waals surface area contributed by atoms with E-state index in [1.165, 1.54) is 0 Å². The molecule has 5 nitrogen and oxygen atoms in total. The molecule has 1 saturated carbocycles. The monoisotopic (exact) mass is 287 g/mol. The molecule has 1 aliphatic carbocycles. The summed E-state index contributed by atoms with van der Waals surface area (Å²) in [6, 6.07) is 3.96. The molecule has 0 bridgehead atoms. The molecule has 1 aromatic heterocycles. The average Bonchev–Trinajstić information content (AvgIpc) is 2.41. The Hall–Kier alpha value is -2.09. The molecule has 2 N–H and O–H groups in total. The van der Waals surface area contributed by atoms with Gasteiger partial charge in [-0.2, -0.15) is 5.26 Å². The number of carboxylic acids is 1. The second kappa shape index (κ2) is 5.72. The smallest absolute Gasteiger partial charge is 0.329 e. The van der Waals surface area contributed by atoms with E-state index in [2.05, 4.69) is 23.3 Å².